The minimum Gasteiger partial charge on any atom is -0.448 e. The molecule has 5 aromatic rings. The average Bonchev–Trinajstić information content (AvgIpc) is 3.28. The van der Waals surface area contributed by atoms with Gasteiger partial charge in [0.1, 0.15) is 6.26 Å². The summed E-state index contributed by atoms with van der Waals surface area (Å²) in [7, 11) is 0. The zero-order valence-electron chi connectivity index (χ0n) is 14.6. The molecular weight excluding hydrogens is 342 g/mol. The topological polar surface area (TPSA) is 95.4 Å². The van der Waals surface area contributed by atoms with Gasteiger partial charge in [0.25, 0.3) is 0 Å². The van der Waals surface area contributed by atoms with Crippen LogP contribution in [0.15, 0.2) is 53.4 Å². The Labute approximate surface area is 153 Å². The molecule has 0 amide bonds. The van der Waals surface area contributed by atoms with E-state index in [1.165, 1.54) is 0 Å². The van der Waals surface area contributed by atoms with E-state index in [1.807, 2.05) is 31.2 Å². The van der Waals surface area contributed by atoms with Gasteiger partial charge in [-0.2, -0.15) is 0 Å². The van der Waals surface area contributed by atoms with Crippen LogP contribution in [0.1, 0.15) is 22.8 Å². The molecule has 0 saturated heterocycles. The molecular formula is C19H15N7O. The summed E-state index contributed by atoms with van der Waals surface area (Å²) < 4.78 is 7.16. The Balaban J connectivity index is 1.47. The first-order valence-corrected chi connectivity index (χ1v) is 8.54. The standard InChI is InChI=1S/C19H15N7O/c1-12-11-27-17(22-12)8-15-9-21-18-19(23-15)26(25-24-18)10-13-4-5-16-14(7-13)3-2-6-20-16/h2-7,9,11H,8,10H2,1H3. The lowest BCUT2D eigenvalue weighted by Crippen LogP contribution is -2.04. The minimum absolute atomic E-state index is 0.476. The van der Waals surface area contributed by atoms with Gasteiger partial charge in [-0.05, 0) is 30.7 Å². The average molecular weight is 357 g/mol. The number of nitrogens with zero attached hydrogens (tertiary/aromatic N) is 7. The van der Waals surface area contributed by atoms with Crippen LogP contribution in [0.25, 0.3) is 22.2 Å². The fourth-order valence-electron chi connectivity index (χ4n) is 3.02. The van der Waals surface area contributed by atoms with Crippen LogP contribution in [0.2, 0.25) is 0 Å². The maximum atomic E-state index is 5.41. The van der Waals surface area contributed by atoms with Crippen LogP contribution in [0, 0.1) is 6.92 Å². The van der Waals surface area contributed by atoms with Crippen molar-refractivity contribution in [3.63, 3.8) is 0 Å². The lowest BCUT2D eigenvalue weighted by molar-refractivity contribution is 0.504. The number of hydrogen-bond acceptors (Lipinski definition) is 7. The molecule has 27 heavy (non-hydrogen) atoms. The molecule has 4 aromatic heterocycles. The largest absolute Gasteiger partial charge is 0.448 e. The van der Waals surface area contributed by atoms with Crippen LogP contribution in [0.4, 0.5) is 0 Å². The first-order valence-electron chi connectivity index (χ1n) is 8.54. The summed E-state index contributed by atoms with van der Waals surface area (Å²) in [6.07, 6.45) is 5.58. The molecule has 0 spiro atoms. The molecule has 0 aliphatic heterocycles. The molecule has 5 rings (SSSR count). The Morgan fingerprint density at radius 2 is 2.07 bits per heavy atom. The lowest BCUT2D eigenvalue weighted by Gasteiger charge is -2.04. The van der Waals surface area contributed by atoms with Crippen molar-refractivity contribution in [3.8, 4) is 0 Å². The Morgan fingerprint density at radius 3 is 2.96 bits per heavy atom. The van der Waals surface area contributed by atoms with Crippen molar-refractivity contribution in [1.82, 2.24) is 34.9 Å². The van der Waals surface area contributed by atoms with E-state index in [9.17, 15) is 0 Å². The van der Waals surface area contributed by atoms with Crippen molar-refractivity contribution in [1.29, 1.82) is 0 Å². The maximum Gasteiger partial charge on any atom is 0.221 e. The molecule has 0 saturated carbocycles. The predicted molar refractivity (Wildman–Crippen MR) is 98.0 cm³/mol. The van der Waals surface area contributed by atoms with Crippen molar-refractivity contribution in [2.75, 3.05) is 0 Å². The summed E-state index contributed by atoms with van der Waals surface area (Å²) in [6.45, 7) is 2.44. The van der Waals surface area contributed by atoms with Crippen molar-refractivity contribution >= 4 is 22.2 Å². The quantitative estimate of drug-likeness (QED) is 0.488. The third-order valence-corrected chi connectivity index (χ3v) is 4.28. The van der Waals surface area contributed by atoms with Gasteiger partial charge in [-0.15, -0.1) is 5.10 Å². The Morgan fingerprint density at radius 1 is 1.11 bits per heavy atom. The molecule has 0 unspecified atom stereocenters. The highest BCUT2D eigenvalue weighted by Gasteiger charge is 2.11. The second-order valence-corrected chi connectivity index (χ2v) is 6.35. The van der Waals surface area contributed by atoms with Crippen LogP contribution in [0.3, 0.4) is 0 Å². The molecule has 0 fully saturated rings. The molecule has 1 aromatic carbocycles. The summed E-state index contributed by atoms with van der Waals surface area (Å²) in [4.78, 5) is 17.7. The van der Waals surface area contributed by atoms with Gasteiger partial charge in [0.2, 0.25) is 5.65 Å². The number of aromatic nitrogens is 7. The highest BCUT2D eigenvalue weighted by molar-refractivity contribution is 5.79. The fourth-order valence-corrected chi connectivity index (χ4v) is 3.02. The minimum atomic E-state index is 0.476. The van der Waals surface area contributed by atoms with Crippen molar-refractivity contribution in [2.45, 2.75) is 19.9 Å². The fraction of sp³-hybridized carbons (Fsp3) is 0.158. The van der Waals surface area contributed by atoms with Gasteiger partial charge in [0.05, 0.1) is 36.1 Å². The van der Waals surface area contributed by atoms with Crippen LogP contribution < -0.4 is 0 Å². The zero-order valence-corrected chi connectivity index (χ0v) is 14.6. The Kier molecular flexibility index (Phi) is 3.60. The normalized spacial score (nSPS) is 11.4. The van der Waals surface area contributed by atoms with E-state index < -0.39 is 0 Å². The lowest BCUT2D eigenvalue weighted by atomic mass is 10.1. The molecule has 0 atom stereocenters. The summed E-state index contributed by atoms with van der Waals surface area (Å²) in [5, 5.41) is 9.42. The summed E-state index contributed by atoms with van der Waals surface area (Å²) in [5.74, 6) is 0.613. The first kappa shape index (κ1) is 15.6. The van der Waals surface area contributed by atoms with Crippen molar-refractivity contribution < 1.29 is 4.42 Å². The molecule has 0 radical (unpaired) electrons. The monoisotopic (exact) mass is 357 g/mol. The van der Waals surface area contributed by atoms with E-state index in [0.29, 0.717) is 30.2 Å². The molecule has 0 N–H and O–H groups in total. The second kappa shape index (κ2) is 6.24. The van der Waals surface area contributed by atoms with Gasteiger partial charge in [-0.3, -0.25) is 4.98 Å². The van der Waals surface area contributed by atoms with E-state index in [0.717, 1.165) is 27.9 Å². The number of hydrogen-bond donors (Lipinski definition) is 0. The first-order chi connectivity index (χ1) is 13.2. The summed E-state index contributed by atoms with van der Waals surface area (Å²) >= 11 is 0. The number of aryl methyl sites for hydroxylation is 1. The third kappa shape index (κ3) is 3.01. The van der Waals surface area contributed by atoms with Gasteiger partial charge < -0.3 is 4.42 Å². The van der Waals surface area contributed by atoms with E-state index >= 15 is 0 Å². The number of fused-ring (bicyclic) bond motifs is 2. The van der Waals surface area contributed by atoms with Gasteiger partial charge in [-0.1, -0.05) is 17.3 Å². The molecule has 8 heteroatoms. The van der Waals surface area contributed by atoms with Crippen LogP contribution in [-0.2, 0) is 13.0 Å². The second-order valence-electron chi connectivity index (χ2n) is 6.35. The van der Waals surface area contributed by atoms with Crippen LogP contribution in [0.5, 0.6) is 0 Å². The van der Waals surface area contributed by atoms with Gasteiger partial charge in [0.15, 0.2) is 11.5 Å². The van der Waals surface area contributed by atoms with E-state index in [4.69, 9.17) is 4.42 Å². The Bertz CT molecular complexity index is 1260. The summed E-state index contributed by atoms with van der Waals surface area (Å²) in [5.41, 5.74) is 4.82. The summed E-state index contributed by atoms with van der Waals surface area (Å²) in [6, 6.07) is 10.1. The molecule has 8 nitrogen and oxygen atoms in total. The number of rotatable bonds is 4. The molecule has 0 aliphatic rings. The smallest absolute Gasteiger partial charge is 0.221 e. The highest BCUT2D eigenvalue weighted by atomic mass is 16.3. The predicted octanol–water partition coefficient (Wildman–Crippen LogP) is 2.71. The molecule has 4 heterocycles. The molecule has 0 bridgehead atoms. The number of benzene rings is 1. The SMILES string of the molecule is Cc1coc(Cc2cnc3nnn(Cc4ccc5ncccc5c4)c3n2)n1. The highest BCUT2D eigenvalue weighted by Crippen LogP contribution is 2.16. The van der Waals surface area contributed by atoms with Crippen LogP contribution >= 0.6 is 0 Å². The van der Waals surface area contributed by atoms with Crippen molar-refractivity contribution in [3.05, 3.63) is 71.8 Å². The van der Waals surface area contributed by atoms with E-state index in [1.54, 1.807) is 23.3 Å². The van der Waals surface area contributed by atoms with Gasteiger partial charge in [0, 0.05) is 11.6 Å². The van der Waals surface area contributed by atoms with Crippen molar-refractivity contribution in [2.24, 2.45) is 0 Å². The number of oxazole rings is 1. The Hall–Kier alpha value is -3.68. The van der Waals surface area contributed by atoms with Gasteiger partial charge in [-0.25, -0.2) is 19.6 Å². The number of pyridine rings is 1. The van der Waals surface area contributed by atoms with E-state index in [2.05, 4.69) is 36.3 Å². The zero-order chi connectivity index (χ0) is 18.2. The molecule has 0 aliphatic carbocycles. The third-order valence-electron chi connectivity index (χ3n) is 4.28. The molecule has 132 valence electrons. The van der Waals surface area contributed by atoms with Crippen LogP contribution in [-0.4, -0.2) is 34.9 Å². The van der Waals surface area contributed by atoms with Gasteiger partial charge >= 0.3 is 0 Å². The maximum absolute atomic E-state index is 5.41. The van der Waals surface area contributed by atoms with E-state index in [-0.39, 0.29) is 0 Å².